The first-order valence-electron chi connectivity index (χ1n) is 11.2. The summed E-state index contributed by atoms with van der Waals surface area (Å²) in [5.74, 6) is -1.61. The predicted octanol–water partition coefficient (Wildman–Crippen LogP) is 6.92. The average molecular weight is 547 g/mol. The van der Waals surface area contributed by atoms with Crippen LogP contribution in [0.25, 0.3) is 16.0 Å². The van der Waals surface area contributed by atoms with Gasteiger partial charge in [0.05, 0.1) is 21.8 Å². The van der Waals surface area contributed by atoms with E-state index in [1.165, 1.54) is 16.2 Å². The van der Waals surface area contributed by atoms with Gasteiger partial charge in [-0.25, -0.2) is 4.98 Å². The van der Waals surface area contributed by atoms with Crippen molar-refractivity contribution in [2.45, 2.75) is 33.7 Å². The fraction of sp³-hybridized carbons (Fsp3) is 0.179. The number of hydrogen-bond donors (Lipinski definition) is 1. The summed E-state index contributed by atoms with van der Waals surface area (Å²) in [6.07, 6.45) is 0. The first-order valence-corrected chi connectivity index (χ1v) is 12.8. The molecule has 0 aliphatic carbocycles. The Labute approximate surface area is 215 Å². The highest BCUT2D eigenvalue weighted by molar-refractivity contribution is 9.10. The number of rotatable bonds is 3. The van der Waals surface area contributed by atoms with Crippen LogP contribution in [0.15, 0.2) is 64.6 Å². The third kappa shape index (κ3) is 3.98. The van der Waals surface area contributed by atoms with Crippen molar-refractivity contribution in [2.75, 3.05) is 4.90 Å². The Bertz CT molecular complexity index is 1530. The van der Waals surface area contributed by atoms with Crippen LogP contribution in [0.4, 0.5) is 5.13 Å². The van der Waals surface area contributed by atoms with Crippen molar-refractivity contribution in [3.8, 4) is 0 Å². The number of aliphatic hydroxyl groups is 1. The molecule has 0 spiro atoms. The van der Waals surface area contributed by atoms with E-state index in [0.29, 0.717) is 10.7 Å². The number of Topliss-reactive ketones (excluding diaryl/α,β-unsaturated/α-hetero) is 1. The topological polar surface area (TPSA) is 70.5 Å². The van der Waals surface area contributed by atoms with E-state index in [1.54, 1.807) is 12.1 Å². The maximum atomic E-state index is 13.4. The zero-order chi connectivity index (χ0) is 25.0. The number of amides is 1. The number of benzene rings is 3. The van der Waals surface area contributed by atoms with Crippen molar-refractivity contribution in [1.29, 1.82) is 0 Å². The highest BCUT2D eigenvalue weighted by Crippen LogP contribution is 2.44. The fourth-order valence-electron chi connectivity index (χ4n) is 4.40. The van der Waals surface area contributed by atoms with Crippen molar-refractivity contribution in [3.63, 3.8) is 0 Å². The molecule has 1 aliphatic heterocycles. The van der Waals surface area contributed by atoms with Gasteiger partial charge in [0.25, 0.3) is 5.78 Å². The lowest BCUT2D eigenvalue weighted by atomic mass is 9.94. The maximum absolute atomic E-state index is 13.4. The molecule has 1 aliphatic rings. The number of aryl methyl sites for hydroxylation is 4. The van der Waals surface area contributed by atoms with E-state index in [9.17, 15) is 14.7 Å². The third-order valence-electron chi connectivity index (χ3n) is 6.43. The summed E-state index contributed by atoms with van der Waals surface area (Å²) in [6.45, 7) is 7.92. The molecule has 0 bridgehead atoms. The summed E-state index contributed by atoms with van der Waals surface area (Å²) in [5, 5.41) is 11.8. The maximum Gasteiger partial charge on any atom is 0.301 e. The zero-order valence-electron chi connectivity index (χ0n) is 19.7. The van der Waals surface area contributed by atoms with Crippen molar-refractivity contribution in [3.05, 3.63) is 98.0 Å². The molecule has 1 amide bonds. The number of thiazole rings is 1. The van der Waals surface area contributed by atoms with Crippen molar-refractivity contribution in [2.24, 2.45) is 0 Å². The molecule has 7 heteroatoms. The van der Waals surface area contributed by atoms with Crippen LogP contribution in [0.5, 0.6) is 0 Å². The fourth-order valence-corrected chi connectivity index (χ4v) is 5.72. The minimum atomic E-state index is -0.790. The average Bonchev–Trinajstić information content (AvgIpc) is 3.33. The van der Waals surface area contributed by atoms with E-state index in [0.717, 1.165) is 42.5 Å². The number of hydrogen-bond acceptors (Lipinski definition) is 5. The molecular formula is C28H23BrN2O3S. The van der Waals surface area contributed by atoms with Gasteiger partial charge in [0, 0.05) is 10.0 Å². The first-order chi connectivity index (χ1) is 16.7. The minimum absolute atomic E-state index is 0.0638. The molecule has 3 aromatic carbocycles. The normalized spacial score (nSPS) is 17.5. The van der Waals surface area contributed by atoms with Gasteiger partial charge in [-0.15, -0.1) is 0 Å². The van der Waals surface area contributed by atoms with Crippen molar-refractivity contribution >= 4 is 60.1 Å². The van der Waals surface area contributed by atoms with Gasteiger partial charge in [0.2, 0.25) is 0 Å². The van der Waals surface area contributed by atoms with Gasteiger partial charge in [0.15, 0.2) is 5.13 Å². The highest BCUT2D eigenvalue weighted by atomic mass is 79.9. The van der Waals surface area contributed by atoms with Gasteiger partial charge in [-0.2, -0.15) is 0 Å². The Kier molecular flexibility index (Phi) is 5.85. The van der Waals surface area contributed by atoms with Gasteiger partial charge in [-0.05, 0) is 74.2 Å². The number of halogens is 1. The molecule has 0 saturated carbocycles. The zero-order valence-corrected chi connectivity index (χ0v) is 22.1. The van der Waals surface area contributed by atoms with Crippen LogP contribution in [-0.4, -0.2) is 21.8 Å². The summed E-state index contributed by atoms with van der Waals surface area (Å²) >= 11 is 4.84. The van der Waals surface area contributed by atoms with E-state index >= 15 is 0 Å². The summed E-state index contributed by atoms with van der Waals surface area (Å²) in [6, 6.07) is 16.3. The highest BCUT2D eigenvalue weighted by Gasteiger charge is 2.48. The monoisotopic (exact) mass is 546 g/mol. The SMILES string of the molecule is Cc1cccc(C2/C(=C(\O)c3ccc(Br)c(C)c3)C(=O)C(=O)N2c2nc3cc(C)c(C)cc3s2)c1. The van der Waals surface area contributed by atoms with E-state index in [4.69, 9.17) is 4.98 Å². The Morgan fingerprint density at radius 2 is 1.71 bits per heavy atom. The number of carbonyl (C=O) groups excluding carboxylic acids is 2. The smallest absolute Gasteiger partial charge is 0.301 e. The molecule has 1 atom stereocenters. The molecule has 5 rings (SSSR count). The van der Waals surface area contributed by atoms with Crippen molar-refractivity contribution < 1.29 is 14.7 Å². The molecule has 5 nitrogen and oxygen atoms in total. The summed E-state index contributed by atoms with van der Waals surface area (Å²) in [7, 11) is 0. The number of aromatic nitrogens is 1. The lowest BCUT2D eigenvalue weighted by Crippen LogP contribution is -2.29. The van der Waals surface area contributed by atoms with E-state index in [2.05, 4.69) is 22.0 Å². The predicted molar refractivity (Wildman–Crippen MR) is 144 cm³/mol. The molecule has 0 radical (unpaired) electrons. The van der Waals surface area contributed by atoms with Crippen LogP contribution in [0, 0.1) is 27.7 Å². The number of fused-ring (bicyclic) bond motifs is 1. The number of aliphatic hydroxyl groups excluding tert-OH is 1. The standard InChI is InChI=1S/C28H23BrN2O3S/c1-14-6-5-7-18(10-14)24-23(25(32)19-8-9-20(29)17(4)11-19)26(33)27(34)31(24)28-30-21-12-15(2)16(3)13-22(21)35-28/h5-13,24,32H,1-4H3/b25-23+. The molecule has 2 heterocycles. The summed E-state index contributed by atoms with van der Waals surface area (Å²) in [4.78, 5) is 33.0. The summed E-state index contributed by atoms with van der Waals surface area (Å²) < 4.78 is 1.83. The second-order valence-corrected chi connectivity index (χ2v) is 10.8. The lowest BCUT2D eigenvalue weighted by Gasteiger charge is -2.23. The number of nitrogens with zero attached hydrogens (tertiary/aromatic N) is 2. The molecule has 1 saturated heterocycles. The Morgan fingerprint density at radius 3 is 2.43 bits per heavy atom. The van der Waals surface area contributed by atoms with Crippen LogP contribution in [-0.2, 0) is 9.59 Å². The molecule has 176 valence electrons. The van der Waals surface area contributed by atoms with Crippen molar-refractivity contribution in [1.82, 2.24) is 4.98 Å². The van der Waals surface area contributed by atoms with Gasteiger partial charge in [-0.1, -0.05) is 63.2 Å². The van der Waals surface area contributed by atoms with Crippen LogP contribution in [0.1, 0.15) is 39.4 Å². The third-order valence-corrected chi connectivity index (χ3v) is 8.34. The molecular weight excluding hydrogens is 524 g/mol. The molecule has 1 unspecified atom stereocenters. The summed E-state index contributed by atoms with van der Waals surface area (Å²) in [5.41, 5.74) is 6.21. The van der Waals surface area contributed by atoms with Crippen LogP contribution in [0.2, 0.25) is 0 Å². The largest absolute Gasteiger partial charge is 0.507 e. The second kappa shape index (κ2) is 8.73. The quantitative estimate of drug-likeness (QED) is 0.172. The number of anilines is 1. The molecule has 1 aromatic heterocycles. The second-order valence-electron chi connectivity index (χ2n) is 8.95. The Balaban J connectivity index is 1.75. The Morgan fingerprint density at radius 1 is 0.971 bits per heavy atom. The van der Waals surface area contributed by atoms with E-state index in [-0.39, 0.29) is 11.3 Å². The van der Waals surface area contributed by atoms with Gasteiger partial charge >= 0.3 is 5.91 Å². The van der Waals surface area contributed by atoms with Crippen LogP contribution >= 0.6 is 27.3 Å². The Hall–Kier alpha value is -3.29. The molecule has 4 aromatic rings. The first kappa shape index (κ1) is 23.5. The van der Waals surface area contributed by atoms with E-state index in [1.807, 2.05) is 64.1 Å². The van der Waals surface area contributed by atoms with Gasteiger partial charge < -0.3 is 5.11 Å². The number of carbonyl (C=O) groups is 2. The van der Waals surface area contributed by atoms with Crippen LogP contribution < -0.4 is 4.90 Å². The van der Waals surface area contributed by atoms with Crippen LogP contribution in [0.3, 0.4) is 0 Å². The molecule has 35 heavy (non-hydrogen) atoms. The molecule has 1 N–H and O–H groups in total. The minimum Gasteiger partial charge on any atom is -0.507 e. The van der Waals surface area contributed by atoms with Gasteiger partial charge in [-0.3, -0.25) is 14.5 Å². The molecule has 1 fully saturated rings. The van der Waals surface area contributed by atoms with Gasteiger partial charge in [0.1, 0.15) is 5.76 Å². The lowest BCUT2D eigenvalue weighted by molar-refractivity contribution is -0.132. The number of ketones is 1. The van der Waals surface area contributed by atoms with E-state index < -0.39 is 17.7 Å².